The molecule has 3 aromatic rings. The van der Waals surface area contributed by atoms with E-state index >= 15 is 0 Å². The van der Waals surface area contributed by atoms with Crippen molar-refractivity contribution in [3.05, 3.63) is 88.3 Å². The first-order valence-electron chi connectivity index (χ1n) is 7.69. The summed E-state index contributed by atoms with van der Waals surface area (Å²) in [5.41, 5.74) is 2.91. The molecular formula is C20H19NO2. The van der Waals surface area contributed by atoms with Crippen molar-refractivity contribution in [1.29, 1.82) is 0 Å². The van der Waals surface area contributed by atoms with Crippen molar-refractivity contribution in [2.45, 2.75) is 19.9 Å². The van der Waals surface area contributed by atoms with Gasteiger partial charge in [-0.05, 0) is 24.5 Å². The molecular weight excluding hydrogens is 286 g/mol. The molecule has 0 aliphatic rings. The Morgan fingerprint density at radius 3 is 2.22 bits per heavy atom. The second-order valence-electron chi connectivity index (χ2n) is 5.60. The van der Waals surface area contributed by atoms with Gasteiger partial charge in [0, 0.05) is 18.3 Å². The fraction of sp³-hybridized carbons (Fsp3) is 0.150. The van der Waals surface area contributed by atoms with Crippen molar-refractivity contribution >= 4 is 0 Å². The van der Waals surface area contributed by atoms with E-state index in [1.165, 1.54) is 5.56 Å². The van der Waals surface area contributed by atoms with Gasteiger partial charge >= 0.3 is 0 Å². The van der Waals surface area contributed by atoms with Crippen molar-refractivity contribution in [2.75, 3.05) is 0 Å². The van der Waals surface area contributed by atoms with Gasteiger partial charge < -0.3 is 9.67 Å². The number of aromatic hydroxyl groups is 1. The minimum absolute atomic E-state index is 0.0367. The number of aryl methyl sites for hydroxylation is 2. The molecule has 0 spiro atoms. The molecule has 3 heteroatoms. The molecule has 3 nitrogen and oxygen atoms in total. The van der Waals surface area contributed by atoms with Crippen LogP contribution in [0.15, 0.2) is 71.5 Å². The van der Waals surface area contributed by atoms with E-state index in [9.17, 15) is 9.90 Å². The smallest absolute Gasteiger partial charge is 0.262 e. The summed E-state index contributed by atoms with van der Waals surface area (Å²) >= 11 is 0. The molecule has 1 N–H and O–H groups in total. The Labute approximate surface area is 135 Å². The van der Waals surface area contributed by atoms with Crippen LogP contribution in [-0.2, 0) is 13.0 Å². The molecule has 116 valence electrons. The lowest BCUT2D eigenvalue weighted by molar-refractivity contribution is 0.471. The predicted molar refractivity (Wildman–Crippen MR) is 92.7 cm³/mol. The molecule has 0 radical (unpaired) electrons. The third-order valence-corrected chi connectivity index (χ3v) is 4.02. The molecule has 0 fully saturated rings. The summed E-state index contributed by atoms with van der Waals surface area (Å²) in [6.45, 7) is 2.44. The van der Waals surface area contributed by atoms with Crippen LogP contribution in [-0.4, -0.2) is 9.67 Å². The molecule has 0 aliphatic carbocycles. The first kappa shape index (κ1) is 15.1. The number of pyridine rings is 1. The first-order valence-corrected chi connectivity index (χ1v) is 7.69. The number of benzene rings is 2. The lowest BCUT2D eigenvalue weighted by Gasteiger charge is -2.14. The normalized spacial score (nSPS) is 10.7. The first-order chi connectivity index (χ1) is 11.2. The van der Waals surface area contributed by atoms with Crippen LogP contribution < -0.4 is 5.56 Å². The second kappa shape index (κ2) is 6.53. The molecule has 0 amide bonds. The number of rotatable bonds is 4. The number of aromatic nitrogens is 1. The van der Waals surface area contributed by atoms with E-state index < -0.39 is 0 Å². The van der Waals surface area contributed by atoms with Gasteiger partial charge in [0.15, 0.2) is 0 Å². The van der Waals surface area contributed by atoms with E-state index in [1.807, 2.05) is 55.5 Å². The second-order valence-corrected chi connectivity index (χ2v) is 5.60. The number of hydrogen-bond donors (Lipinski definition) is 1. The van der Waals surface area contributed by atoms with Crippen LogP contribution in [0.2, 0.25) is 0 Å². The summed E-state index contributed by atoms with van der Waals surface area (Å²) in [4.78, 5) is 12.8. The highest BCUT2D eigenvalue weighted by molar-refractivity contribution is 5.69. The molecule has 0 aliphatic heterocycles. The molecule has 0 saturated heterocycles. The quantitative estimate of drug-likeness (QED) is 0.797. The topological polar surface area (TPSA) is 42.2 Å². The zero-order valence-corrected chi connectivity index (χ0v) is 13.1. The SMILES string of the molecule is Cc1cc(O)c(-c2ccccc2)c(=O)n1CCc1ccccc1. The predicted octanol–water partition coefficient (Wildman–Crippen LogP) is 3.77. The Bertz CT molecular complexity index is 852. The fourth-order valence-corrected chi connectivity index (χ4v) is 2.79. The van der Waals surface area contributed by atoms with Crippen molar-refractivity contribution < 1.29 is 5.11 Å². The molecule has 3 rings (SSSR count). The van der Waals surface area contributed by atoms with Gasteiger partial charge in [0.05, 0.1) is 5.56 Å². The minimum atomic E-state index is -0.148. The van der Waals surface area contributed by atoms with Gasteiger partial charge in [-0.2, -0.15) is 0 Å². The number of nitrogens with zero attached hydrogens (tertiary/aromatic N) is 1. The van der Waals surface area contributed by atoms with E-state index in [-0.39, 0.29) is 11.3 Å². The van der Waals surface area contributed by atoms with Crippen LogP contribution in [0.4, 0.5) is 0 Å². The van der Waals surface area contributed by atoms with Gasteiger partial charge in [-0.15, -0.1) is 0 Å². The summed E-state index contributed by atoms with van der Waals surface area (Å²) in [5, 5.41) is 10.2. The fourth-order valence-electron chi connectivity index (χ4n) is 2.79. The summed E-state index contributed by atoms with van der Waals surface area (Å²) < 4.78 is 1.73. The van der Waals surface area contributed by atoms with Gasteiger partial charge in [-0.25, -0.2) is 0 Å². The monoisotopic (exact) mass is 305 g/mol. The van der Waals surface area contributed by atoms with Crippen LogP contribution >= 0.6 is 0 Å². The van der Waals surface area contributed by atoms with E-state index in [0.29, 0.717) is 12.1 Å². The lowest BCUT2D eigenvalue weighted by atomic mass is 10.1. The van der Waals surface area contributed by atoms with Crippen LogP contribution in [0.25, 0.3) is 11.1 Å². The van der Waals surface area contributed by atoms with Gasteiger partial charge in [0.2, 0.25) is 0 Å². The number of hydrogen-bond acceptors (Lipinski definition) is 2. The summed E-state index contributed by atoms with van der Waals surface area (Å²) in [6, 6.07) is 21.0. The molecule has 0 atom stereocenters. The van der Waals surface area contributed by atoms with Crippen molar-refractivity contribution in [2.24, 2.45) is 0 Å². The van der Waals surface area contributed by atoms with E-state index in [4.69, 9.17) is 0 Å². The molecule has 0 saturated carbocycles. The Hall–Kier alpha value is -2.81. The molecule has 23 heavy (non-hydrogen) atoms. The Morgan fingerprint density at radius 1 is 0.957 bits per heavy atom. The van der Waals surface area contributed by atoms with Crippen LogP contribution in [0, 0.1) is 6.92 Å². The van der Waals surface area contributed by atoms with E-state index in [1.54, 1.807) is 10.6 Å². The van der Waals surface area contributed by atoms with Crippen molar-refractivity contribution in [3.63, 3.8) is 0 Å². The maximum absolute atomic E-state index is 12.8. The Kier molecular flexibility index (Phi) is 4.29. The van der Waals surface area contributed by atoms with Gasteiger partial charge in [0.25, 0.3) is 5.56 Å². The zero-order valence-electron chi connectivity index (χ0n) is 13.1. The summed E-state index contributed by atoms with van der Waals surface area (Å²) in [7, 11) is 0. The highest BCUT2D eigenvalue weighted by atomic mass is 16.3. The molecule has 0 unspecified atom stereocenters. The van der Waals surface area contributed by atoms with Crippen molar-refractivity contribution in [1.82, 2.24) is 4.57 Å². The summed E-state index contributed by atoms with van der Waals surface area (Å²) in [6.07, 6.45) is 0.778. The lowest BCUT2D eigenvalue weighted by Crippen LogP contribution is -2.24. The Morgan fingerprint density at radius 2 is 1.57 bits per heavy atom. The van der Waals surface area contributed by atoms with Crippen LogP contribution in [0.1, 0.15) is 11.3 Å². The van der Waals surface area contributed by atoms with E-state index in [0.717, 1.165) is 17.7 Å². The third kappa shape index (κ3) is 3.19. The van der Waals surface area contributed by atoms with Crippen LogP contribution in [0.5, 0.6) is 5.75 Å². The van der Waals surface area contributed by atoms with Gasteiger partial charge in [-0.3, -0.25) is 4.79 Å². The third-order valence-electron chi connectivity index (χ3n) is 4.02. The highest BCUT2D eigenvalue weighted by Gasteiger charge is 2.14. The largest absolute Gasteiger partial charge is 0.507 e. The minimum Gasteiger partial charge on any atom is -0.507 e. The van der Waals surface area contributed by atoms with Crippen LogP contribution in [0.3, 0.4) is 0 Å². The van der Waals surface area contributed by atoms with Crippen molar-refractivity contribution in [3.8, 4) is 16.9 Å². The molecule has 0 bridgehead atoms. The average molecular weight is 305 g/mol. The van der Waals surface area contributed by atoms with Gasteiger partial charge in [-0.1, -0.05) is 60.7 Å². The molecule has 1 heterocycles. The maximum atomic E-state index is 12.8. The standard InChI is InChI=1S/C20H19NO2/c1-15-14-18(22)19(17-10-6-3-7-11-17)20(23)21(15)13-12-16-8-4-2-5-9-16/h2-11,14,22H,12-13H2,1H3. The maximum Gasteiger partial charge on any atom is 0.262 e. The van der Waals surface area contributed by atoms with Gasteiger partial charge in [0.1, 0.15) is 5.75 Å². The molecule has 1 aromatic heterocycles. The zero-order chi connectivity index (χ0) is 16.2. The highest BCUT2D eigenvalue weighted by Crippen LogP contribution is 2.26. The average Bonchev–Trinajstić information content (AvgIpc) is 2.56. The van der Waals surface area contributed by atoms with E-state index in [2.05, 4.69) is 12.1 Å². The Balaban J connectivity index is 1.99. The summed E-state index contributed by atoms with van der Waals surface area (Å²) in [5.74, 6) is 0.0367. The molecule has 2 aromatic carbocycles.